The van der Waals surface area contributed by atoms with Gasteiger partial charge in [-0.3, -0.25) is 9.59 Å². The van der Waals surface area contributed by atoms with Crippen LogP contribution in [-0.2, 0) is 6.42 Å². The van der Waals surface area contributed by atoms with Crippen molar-refractivity contribution in [3.05, 3.63) is 33.2 Å². The molecule has 4 nitrogen and oxygen atoms in total. The maximum absolute atomic E-state index is 12.1. The van der Waals surface area contributed by atoms with E-state index in [1.54, 1.807) is 6.07 Å². The average Bonchev–Trinajstić information content (AvgIpc) is 2.32. The number of carbonyl (C=O) groups excluding carboxylic acids is 1. The molecule has 1 heterocycles. The average molecular weight is 264 g/mol. The van der Waals surface area contributed by atoms with Crippen LogP contribution >= 0.6 is 0 Å². The van der Waals surface area contributed by atoms with Crippen LogP contribution in [0.1, 0.15) is 61.6 Å². The molecule has 0 radical (unpaired) electrons. The van der Waals surface area contributed by atoms with Crippen molar-refractivity contribution in [1.29, 1.82) is 0 Å². The number of carbonyl (C=O) groups is 1. The first kappa shape index (κ1) is 15.5. The number of hydrogen-bond donors (Lipinski definition) is 2. The molecule has 0 aromatic carbocycles. The molecular weight excluding hydrogens is 240 g/mol. The van der Waals surface area contributed by atoms with Gasteiger partial charge in [-0.25, -0.2) is 0 Å². The van der Waals surface area contributed by atoms with Gasteiger partial charge in [0.25, 0.3) is 11.5 Å². The first-order valence-corrected chi connectivity index (χ1v) is 7.03. The molecule has 4 heteroatoms. The largest absolute Gasteiger partial charge is 0.349 e. The van der Waals surface area contributed by atoms with Gasteiger partial charge in [-0.15, -0.1) is 0 Å². The predicted molar refractivity (Wildman–Crippen MR) is 77.6 cm³/mol. The lowest BCUT2D eigenvalue weighted by molar-refractivity contribution is 0.0936. The van der Waals surface area contributed by atoms with Gasteiger partial charge in [-0.05, 0) is 38.3 Å². The predicted octanol–water partition coefficient (Wildman–Crippen LogP) is 2.55. The number of rotatable bonds is 6. The molecule has 1 aromatic heterocycles. The Hall–Kier alpha value is -1.58. The normalized spacial score (nSPS) is 12.2. The molecule has 106 valence electrons. The molecular formula is C15H24N2O2. The quantitative estimate of drug-likeness (QED) is 0.829. The molecule has 0 saturated heterocycles. The van der Waals surface area contributed by atoms with Crippen molar-refractivity contribution in [2.75, 3.05) is 0 Å². The Morgan fingerprint density at radius 3 is 2.63 bits per heavy atom. The standard InChI is InChI=1S/C15H24N2O2/c1-5-7-10(3)16-14(18)13-9-12(8-6-2)11(4)17-15(13)19/h9-10H,5-8H2,1-4H3,(H,16,18)(H,17,19)/t10-/m0/s1. The second-order valence-electron chi connectivity index (χ2n) is 5.08. The van der Waals surface area contributed by atoms with Crippen molar-refractivity contribution in [3.8, 4) is 0 Å². The van der Waals surface area contributed by atoms with Gasteiger partial charge in [0.2, 0.25) is 0 Å². The third kappa shape index (κ3) is 4.23. The third-order valence-electron chi connectivity index (χ3n) is 3.21. The van der Waals surface area contributed by atoms with Crippen LogP contribution in [-0.4, -0.2) is 16.9 Å². The number of pyridine rings is 1. The van der Waals surface area contributed by atoms with Crippen LogP contribution in [0.5, 0.6) is 0 Å². The van der Waals surface area contributed by atoms with E-state index in [4.69, 9.17) is 0 Å². The lowest BCUT2D eigenvalue weighted by Crippen LogP contribution is -2.36. The molecule has 0 saturated carbocycles. The minimum absolute atomic E-state index is 0.0906. The Bertz CT molecular complexity index is 491. The minimum Gasteiger partial charge on any atom is -0.349 e. The van der Waals surface area contributed by atoms with Gasteiger partial charge in [-0.2, -0.15) is 0 Å². The topological polar surface area (TPSA) is 62.0 Å². The van der Waals surface area contributed by atoms with Crippen molar-refractivity contribution in [1.82, 2.24) is 10.3 Å². The molecule has 0 bridgehead atoms. The molecule has 0 aliphatic carbocycles. The number of hydrogen-bond acceptors (Lipinski definition) is 2. The lowest BCUT2D eigenvalue weighted by Gasteiger charge is -2.13. The molecule has 0 unspecified atom stereocenters. The highest BCUT2D eigenvalue weighted by atomic mass is 16.2. The van der Waals surface area contributed by atoms with E-state index >= 15 is 0 Å². The second-order valence-corrected chi connectivity index (χ2v) is 5.08. The number of nitrogens with one attached hydrogen (secondary N) is 2. The highest BCUT2D eigenvalue weighted by molar-refractivity contribution is 5.94. The fourth-order valence-corrected chi connectivity index (χ4v) is 2.17. The van der Waals surface area contributed by atoms with Gasteiger partial charge in [0.15, 0.2) is 0 Å². The summed E-state index contributed by atoms with van der Waals surface area (Å²) in [4.78, 5) is 26.7. The molecule has 1 amide bonds. The molecule has 1 atom stereocenters. The Morgan fingerprint density at radius 2 is 2.05 bits per heavy atom. The van der Waals surface area contributed by atoms with Crippen LogP contribution in [0.2, 0.25) is 0 Å². The SMILES string of the molecule is CCCc1cc(C(=O)N[C@@H](C)CCC)c(=O)[nH]c1C. The van der Waals surface area contributed by atoms with E-state index in [2.05, 4.69) is 24.1 Å². The number of aryl methyl sites for hydroxylation is 2. The van der Waals surface area contributed by atoms with Gasteiger partial charge < -0.3 is 10.3 Å². The third-order valence-corrected chi connectivity index (χ3v) is 3.21. The van der Waals surface area contributed by atoms with E-state index < -0.39 is 0 Å². The van der Waals surface area contributed by atoms with Gasteiger partial charge in [0.1, 0.15) is 5.56 Å². The first-order valence-electron chi connectivity index (χ1n) is 7.03. The van der Waals surface area contributed by atoms with Crippen molar-refractivity contribution >= 4 is 5.91 Å². The summed E-state index contributed by atoms with van der Waals surface area (Å²) in [6, 6.07) is 1.82. The molecule has 1 rings (SSSR count). The van der Waals surface area contributed by atoms with Gasteiger partial charge in [0.05, 0.1) is 0 Å². The highest BCUT2D eigenvalue weighted by Gasteiger charge is 2.14. The van der Waals surface area contributed by atoms with Crippen LogP contribution in [0, 0.1) is 6.92 Å². The number of aromatic nitrogens is 1. The van der Waals surface area contributed by atoms with Crippen molar-refractivity contribution in [2.45, 2.75) is 59.4 Å². The summed E-state index contributed by atoms with van der Waals surface area (Å²) in [6.45, 7) is 7.97. The Labute approximate surface area is 114 Å². The minimum atomic E-state index is -0.307. The second kappa shape index (κ2) is 7.12. The van der Waals surface area contributed by atoms with Crippen LogP contribution < -0.4 is 10.9 Å². The van der Waals surface area contributed by atoms with E-state index in [1.165, 1.54) is 0 Å². The molecule has 0 aliphatic heterocycles. The smallest absolute Gasteiger partial charge is 0.261 e. The highest BCUT2D eigenvalue weighted by Crippen LogP contribution is 2.08. The monoisotopic (exact) mass is 264 g/mol. The zero-order valence-electron chi connectivity index (χ0n) is 12.3. The van der Waals surface area contributed by atoms with Gasteiger partial charge in [-0.1, -0.05) is 26.7 Å². The molecule has 19 heavy (non-hydrogen) atoms. The van der Waals surface area contributed by atoms with Crippen LogP contribution in [0.3, 0.4) is 0 Å². The van der Waals surface area contributed by atoms with Crippen molar-refractivity contribution in [2.24, 2.45) is 0 Å². The summed E-state index contributed by atoms with van der Waals surface area (Å²) in [6.07, 6.45) is 3.78. The van der Waals surface area contributed by atoms with E-state index in [-0.39, 0.29) is 23.1 Å². The van der Waals surface area contributed by atoms with E-state index in [9.17, 15) is 9.59 Å². The van der Waals surface area contributed by atoms with Crippen molar-refractivity contribution in [3.63, 3.8) is 0 Å². The van der Waals surface area contributed by atoms with Gasteiger partial charge >= 0.3 is 0 Å². The summed E-state index contributed by atoms with van der Waals surface area (Å²) >= 11 is 0. The first-order chi connectivity index (χ1) is 8.99. The molecule has 0 spiro atoms. The maximum Gasteiger partial charge on any atom is 0.261 e. The summed E-state index contributed by atoms with van der Waals surface area (Å²) in [5.74, 6) is -0.278. The van der Waals surface area contributed by atoms with Crippen LogP contribution in [0.4, 0.5) is 0 Å². The van der Waals surface area contributed by atoms with E-state index in [0.29, 0.717) is 0 Å². The fourth-order valence-electron chi connectivity index (χ4n) is 2.17. The van der Waals surface area contributed by atoms with E-state index in [1.807, 2.05) is 13.8 Å². The fraction of sp³-hybridized carbons (Fsp3) is 0.600. The maximum atomic E-state index is 12.1. The zero-order valence-corrected chi connectivity index (χ0v) is 12.3. The molecule has 0 aliphatic rings. The van der Waals surface area contributed by atoms with Gasteiger partial charge in [0, 0.05) is 11.7 Å². The van der Waals surface area contributed by atoms with Crippen LogP contribution in [0.15, 0.2) is 10.9 Å². The Kier molecular flexibility index (Phi) is 5.80. The summed E-state index contributed by atoms with van der Waals surface area (Å²) < 4.78 is 0. The lowest BCUT2D eigenvalue weighted by atomic mass is 10.1. The summed E-state index contributed by atoms with van der Waals surface area (Å²) in [5.41, 5.74) is 1.80. The number of amides is 1. The number of aromatic amines is 1. The molecule has 1 aromatic rings. The molecule has 2 N–H and O–H groups in total. The molecule has 0 fully saturated rings. The van der Waals surface area contributed by atoms with Crippen LogP contribution in [0.25, 0.3) is 0 Å². The zero-order chi connectivity index (χ0) is 14.4. The summed E-state index contributed by atoms with van der Waals surface area (Å²) in [7, 11) is 0. The van der Waals surface area contributed by atoms with E-state index in [0.717, 1.165) is 36.9 Å². The Balaban J connectivity index is 2.96. The van der Waals surface area contributed by atoms with Crippen molar-refractivity contribution < 1.29 is 4.79 Å². The Morgan fingerprint density at radius 1 is 1.37 bits per heavy atom. The summed E-state index contributed by atoms with van der Waals surface area (Å²) in [5, 5.41) is 2.87. The number of H-pyrrole nitrogens is 1.